The summed E-state index contributed by atoms with van der Waals surface area (Å²) in [5, 5.41) is 2.83. The fraction of sp³-hybridized carbons (Fsp3) is 0.133. The first-order chi connectivity index (χ1) is 9.16. The first kappa shape index (κ1) is 14.0. The van der Waals surface area contributed by atoms with Crippen LogP contribution in [0.3, 0.4) is 0 Å². The number of rotatable bonds is 4. The number of aryl methyl sites for hydroxylation is 1. The van der Waals surface area contributed by atoms with E-state index in [4.69, 9.17) is 0 Å². The maximum atomic E-state index is 13.4. The highest BCUT2D eigenvalue weighted by Crippen LogP contribution is 2.17. The number of amides is 1. The lowest BCUT2D eigenvalue weighted by molar-refractivity contribution is -0.116. The van der Waals surface area contributed by atoms with Gasteiger partial charge in [-0.05, 0) is 52.8 Å². The monoisotopic (exact) mass is 369 g/mol. The van der Waals surface area contributed by atoms with E-state index in [1.54, 1.807) is 18.2 Å². The summed E-state index contributed by atoms with van der Waals surface area (Å²) in [6.45, 7) is 0. The molecule has 0 aliphatic rings. The highest BCUT2D eigenvalue weighted by molar-refractivity contribution is 14.1. The molecule has 0 fully saturated rings. The topological polar surface area (TPSA) is 29.1 Å². The van der Waals surface area contributed by atoms with E-state index in [1.807, 2.05) is 24.3 Å². The summed E-state index contributed by atoms with van der Waals surface area (Å²) in [7, 11) is 0. The van der Waals surface area contributed by atoms with Crippen molar-refractivity contribution in [2.75, 3.05) is 5.32 Å². The molecule has 0 unspecified atom stereocenters. The van der Waals surface area contributed by atoms with Gasteiger partial charge in [-0.1, -0.05) is 30.3 Å². The van der Waals surface area contributed by atoms with Gasteiger partial charge in [0.05, 0.1) is 5.69 Å². The third-order valence-corrected chi connectivity index (χ3v) is 3.67. The Kier molecular flexibility index (Phi) is 4.90. The molecule has 1 amide bonds. The molecule has 0 spiro atoms. The highest BCUT2D eigenvalue weighted by Gasteiger charge is 2.07. The Morgan fingerprint density at radius 2 is 1.79 bits per heavy atom. The molecular formula is C15H13FINO. The highest BCUT2D eigenvalue weighted by atomic mass is 127. The number of hydrogen-bond donors (Lipinski definition) is 1. The Hall–Kier alpha value is -1.43. The molecule has 0 atom stereocenters. The Bertz CT molecular complexity index is 586. The van der Waals surface area contributed by atoms with Crippen LogP contribution in [0.2, 0.25) is 0 Å². The van der Waals surface area contributed by atoms with E-state index < -0.39 is 0 Å². The zero-order valence-electron chi connectivity index (χ0n) is 10.2. The van der Waals surface area contributed by atoms with Crippen molar-refractivity contribution in [2.45, 2.75) is 12.8 Å². The van der Waals surface area contributed by atoms with Crippen LogP contribution in [0, 0.1) is 9.39 Å². The molecule has 0 radical (unpaired) electrons. The van der Waals surface area contributed by atoms with Gasteiger partial charge in [0, 0.05) is 9.99 Å². The average molecular weight is 369 g/mol. The van der Waals surface area contributed by atoms with E-state index in [2.05, 4.69) is 27.9 Å². The van der Waals surface area contributed by atoms with Crippen molar-refractivity contribution in [1.29, 1.82) is 0 Å². The number of hydrogen-bond acceptors (Lipinski definition) is 1. The van der Waals surface area contributed by atoms with E-state index in [9.17, 15) is 9.18 Å². The van der Waals surface area contributed by atoms with Gasteiger partial charge in [0.1, 0.15) is 5.82 Å². The van der Waals surface area contributed by atoms with E-state index >= 15 is 0 Å². The molecule has 0 aromatic heterocycles. The molecule has 0 bridgehead atoms. The first-order valence-electron chi connectivity index (χ1n) is 5.94. The average Bonchev–Trinajstić information content (AvgIpc) is 2.40. The lowest BCUT2D eigenvalue weighted by Gasteiger charge is -2.07. The van der Waals surface area contributed by atoms with Gasteiger partial charge in [0.25, 0.3) is 0 Å². The molecule has 2 rings (SSSR count). The number of carbonyl (C=O) groups is 1. The number of anilines is 1. The van der Waals surface area contributed by atoms with Gasteiger partial charge in [0.15, 0.2) is 0 Å². The number of carbonyl (C=O) groups excluding carboxylic acids is 1. The molecule has 2 aromatic carbocycles. The van der Waals surface area contributed by atoms with E-state index in [0.29, 0.717) is 12.0 Å². The Morgan fingerprint density at radius 3 is 2.53 bits per heavy atom. The molecule has 0 aliphatic carbocycles. The molecule has 19 heavy (non-hydrogen) atoms. The number of para-hydroxylation sites is 1. The Labute approximate surface area is 125 Å². The minimum atomic E-state index is -0.260. The van der Waals surface area contributed by atoms with Gasteiger partial charge in [-0.3, -0.25) is 4.79 Å². The van der Waals surface area contributed by atoms with Crippen molar-refractivity contribution < 1.29 is 9.18 Å². The van der Waals surface area contributed by atoms with Crippen LogP contribution in [0.15, 0.2) is 48.5 Å². The second-order valence-corrected chi connectivity index (χ2v) is 5.28. The van der Waals surface area contributed by atoms with Crippen molar-refractivity contribution in [3.63, 3.8) is 0 Å². The van der Waals surface area contributed by atoms with Gasteiger partial charge in [0.2, 0.25) is 5.91 Å². The third kappa shape index (κ3) is 4.02. The third-order valence-electron chi connectivity index (χ3n) is 2.73. The second-order valence-electron chi connectivity index (χ2n) is 4.12. The van der Waals surface area contributed by atoms with E-state index in [1.165, 1.54) is 6.07 Å². The van der Waals surface area contributed by atoms with Gasteiger partial charge in [-0.25, -0.2) is 4.39 Å². The SMILES string of the molecule is O=C(CCc1ccccc1F)Nc1ccccc1I. The Balaban J connectivity index is 1.92. The van der Waals surface area contributed by atoms with Gasteiger partial charge < -0.3 is 5.32 Å². The standard InChI is InChI=1S/C15H13FINO/c16-12-6-2-1-5-11(12)9-10-15(19)18-14-8-4-3-7-13(14)17/h1-8H,9-10H2,(H,18,19). The zero-order chi connectivity index (χ0) is 13.7. The smallest absolute Gasteiger partial charge is 0.224 e. The zero-order valence-corrected chi connectivity index (χ0v) is 12.4. The molecule has 0 saturated heterocycles. The summed E-state index contributed by atoms with van der Waals surface area (Å²) in [5.41, 5.74) is 1.36. The molecule has 0 heterocycles. The van der Waals surface area contributed by atoms with E-state index in [-0.39, 0.29) is 18.1 Å². The van der Waals surface area contributed by atoms with Crippen LogP contribution >= 0.6 is 22.6 Å². The molecule has 0 aliphatic heterocycles. The summed E-state index contributed by atoms with van der Waals surface area (Å²) in [4.78, 5) is 11.8. The van der Waals surface area contributed by atoms with Crippen molar-refractivity contribution in [2.24, 2.45) is 0 Å². The summed E-state index contributed by atoms with van der Waals surface area (Å²) >= 11 is 2.16. The number of nitrogens with one attached hydrogen (secondary N) is 1. The lowest BCUT2D eigenvalue weighted by Crippen LogP contribution is -2.13. The van der Waals surface area contributed by atoms with Gasteiger partial charge in [-0.15, -0.1) is 0 Å². The summed E-state index contributed by atoms with van der Waals surface area (Å²) in [5.74, 6) is -0.364. The first-order valence-corrected chi connectivity index (χ1v) is 7.02. The quantitative estimate of drug-likeness (QED) is 0.811. The van der Waals surface area contributed by atoms with Crippen LogP contribution in [0.5, 0.6) is 0 Å². The normalized spacial score (nSPS) is 10.2. The van der Waals surface area contributed by atoms with Crippen LogP contribution in [0.1, 0.15) is 12.0 Å². The van der Waals surface area contributed by atoms with Crippen LogP contribution in [0.4, 0.5) is 10.1 Å². The maximum absolute atomic E-state index is 13.4. The lowest BCUT2D eigenvalue weighted by atomic mass is 10.1. The molecule has 1 N–H and O–H groups in total. The van der Waals surface area contributed by atoms with Crippen LogP contribution in [-0.2, 0) is 11.2 Å². The number of benzene rings is 2. The molecule has 2 aromatic rings. The van der Waals surface area contributed by atoms with E-state index in [0.717, 1.165) is 9.26 Å². The van der Waals surface area contributed by atoms with Crippen LogP contribution in [0.25, 0.3) is 0 Å². The fourth-order valence-corrected chi connectivity index (χ4v) is 2.25. The predicted molar refractivity (Wildman–Crippen MR) is 82.5 cm³/mol. The van der Waals surface area contributed by atoms with Crippen molar-refractivity contribution in [3.05, 3.63) is 63.5 Å². The predicted octanol–water partition coefficient (Wildman–Crippen LogP) is 4.00. The maximum Gasteiger partial charge on any atom is 0.224 e. The summed E-state index contributed by atoms with van der Waals surface area (Å²) < 4.78 is 14.4. The summed E-state index contributed by atoms with van der Waals surface area (Å²) in [6.07, 6.45) is 0.674. The van der Waals surface area contributed by atoms with Crippen molar-refractivity contribution in [1.82, 2.24) is 0 Å². The minimum absolute atomic E-state index is 0.104. The van der Waals surface area contributed by atoms with Crippen molar-refractivity contribution >= 4 is 34.2 Å². The van der Waals surface area contributed by atoms with Gasteiger partial charge in [-0.2, -0.15) is 0 Å². The summed E-state index contributed by atoms with van der Waals surface area (Å²) in [6, 6.07) is 14.1. The second kappa shape index (κ2) is 6.65. The van der Waals surface area contributed by atoms with Crippen LogP contribution in [-0.4, -0.2) is 5.91 Å². The fourth-order valence-electron chi connectivity index (χ4n) is 1.72. The molecular weight excluding hydrogens is 356 g/mol. The number of halogens is 2. The minimum Gasteiger partial charge on any atom is -0.325 e. The molecule has 0 saturated carbocycles. The van der Waals surface area contributed by atoms with Crippen molar-refractivity contribution in [3.8, 4) is 0 Å². The largest absolute Gasteiger partial charge is 0.325 e. The Morgan fingerprint density at radius 1 is 1.11 bits per heavy atom. The van der Waals surface area contributed by atoms with Crippen LogP contribution < -0.4 is 5.32 Å². The molecule has 4 heteroatoms. The van der Waals surface area contributed by atoms with Gasteiger partial charge >= 0.3 is 0 Å². The molecule has 98 valence electrons. The molecule has 2 nitrogen and oxygen atoms in total.